The SMILES string of the molecule is Cc1cc(NC(C)(C)CC(N)=O)cc(C(=O)O)c1N. The van der Waals surface area contributed by atoms with E-state index >= 15 is 0 Å². The Hall–Kier alpha value is -2.24. The predicted octanol–water partition coefficient (Wildman–Crippen LogP) is 1.34. The van der Waals surface area contributed by atoms with Crippen LogP contribution in [-0.2, 0) is 4.79 Å². The lowest BCUT2D eigenvalue weighted by molar-refractivity contribution is -0.118. The van der Waals surface area contributed by atoms with E-state index in [4.69, 9.17) is 16.6 Å². The second-order valence-corrected chi connectivity index (χ2v) is 5.21. The Morgan fingerprint density at radius 2 is 1.95 bits per heavy atom. The van der Waals surface area contributed by atoms with Crippen LogP contribution in [0.5, 0.6) is 0 Å². The van der Waals surface area contributed by atoms with Crippen LogP contribution < -0.4 is 16.8 Å². The zero-order valence-electron chi connectivity index (χ0n) is 11.3. The number of carbonyl (C=O) groups is 2. The lowest BCUT2D eigenvalue weighted by Crippen LogP contribution is -2.36. The Kier molecular flexibility index (Phi) is 4.04. The fourth-order valence-corrected chi connectivity index (χ4v) is 1.92. The zero-order valence-corrected chi connectivity index (χ0v) is 11.3. The molecule has 0 atom stereocenters. The molecule has 1 amide bonds. The highest BCUT2D eigenvalue weighted by atomic mass is 16.4. The third-order valence-electron chi connectivity index (χ3n) is 2.72. The molecule has 0 bridgehead atoms. The van der Waals surface area contributed by atoms with Crippen LogP contribution >= 0.6 is 0 Å². The van der Waals surface area contributed by atoms with Gasteiger partial charge in [-0.15, -0.1) is 0 Å². The van der Waals surface area contributed by atoms with Crippen LogP contribution in [0.1, 0.15) is 36.2 Å². The minimum Gasteiger partial charge on any atom is -0.478 e. The van der Waals surface area contributed by atoms with Gasteiger partial charge in [0.2, 0.25) is 5.91 Å². The second kappa shape index (κ2) is 5.17. The Morgan fingerprint density at radius 1 is 1.37 bits per heavy atom. The summed E-state index contributed by atoms with van der Waals surface area (Å²) >= 11 is 0. The number of nitrogens with one attached hydrogen (secondary N) is 1. The van der Waals surface area contributed by atoms with Gasteiger partial charge < -0.3 is 21.9 Å². The van der Waals surface area contributed by atoms with Crippen LogP contribution in [0.4, 0.5) is 11.4 Å². The number of primary amides is 1. The highest BCUT2D eigenvalue weighted by Crippen LogP contribution is 2.25. The van der Waals surface area contributed by atoms with Crippen LogP contribution in [0.15, 0.2) is 12.1 Å². The first-order chi connectivity index (χ1) is 8.62. The number of hydrogen-bond acceptors (Lipinski definition) is 4. The molecule has 0 heterocycles. The number of anilines is 2. The molecule has 1 rings (SSSR count). The number of aromatic carboxylic acids is 1. The number of nitrogens with two attached hydrogens (primary N) is 2. The molecule has 0 spiro atoms. The van der Waals surface area contributed by atoms with Crippen molar-refractivity contribution in [2.45, 2.75) is 32.7 Å². The van der Waals surface area contributed by atoms with E-state index in [-0.39, 0.29) is 17.7 Å². The van der Waals surface area contributed by atoms with Crippen molar-refractivity contribution >= 4 is 23.3 Å². The number of benzene rings is 1. The Bertz CT molecular complexity index is 524. The van der Waals surface area contributed by atoms with Gasteiger partial charge in [-0.3, -0.25) is 4.79 Å². The molecule has 0 aromatic heterocycles. The molecule has 0 aliphatic carbocycles. The number of nitrogen functional groups attached to an aromatic ring is 1. The molecule has 6 N–H and O–H groups in total. The van der Waals surface area contributed by atoms with Gasteiger partial charge >= 0.3 is 5.97 Å². The largest absolute Gasteiger partial charge is 0.478 e. The van der Waals surface area contributed by atoms with E-state index in [1.54, 1.807) is 13.0 Å². The van der Waals surface area contributed by atoms with Crippen molar-refractivity contribution < 1.29 is 14.7 Å². The van der Waals surface area contributed by atoms with Crippen molar-refractivity contribution in [3.63, 3.8) is 0 Å². The molecule has 0 saturated carbocycles. The van der Waals surface area contributed by atoms with E-state index in [0.29, 0.717) is 11.3 Å². The van der Waals surface area contributed by atoms with Crippen molar-refractivity contribution in [1.82, 2.24) is 0 Å². The average molecular weight is 265 g/mol. The van der Waals surface area contributed by atoms with E-state index in [2.05, 4.69) is 5.32 Å². The molecule has 19 heavy (non-hydrogen) atoms. The summed E-state index contributed by atoms with van der Waals surface area (Å²) in [6.07, 6.45) is 0.138. The Labute approximate surface area is 111 Å². The Morgan fingerprint density at radius 3 is 2.42 bits per heavy atom. The zero-order chi connectivity index (χ0) is 14.8. The molecule has 0 unspecified atom stereocenters. The number of amides is 1. The summed E-state index contributed by atoms with van der Waals surface area (Å²) in [5.41, 5.74) is 11.9. The summed E-state index contributed by atoms with van der Waals surface area (Å²) < 4.78 is 0. The van der Waals surface area contributed by atoms with Crippen molar-refractivity contribution in [2.24, 2.45) is 5.73 Å². The molecule has 0 radical (unpaired) electrons. The maximum absolute atomic E-state index is 11.1. The van der Waals surface area contributed by atoms with E-state index in [1.807, 2.05) is 13.8 Å². The first-order valence-corrected chi connectivity index (χ1v) is 5.82. The van der Waals surface area contributed by atoms with Crippen LogP contribution in [0, 0.1) is 6.92 Å². The van der Waals surface area contributed by atoms with Crippen molar-refractivity contribution in [2.75, 3.05) is 11.1 Å². The average Bonchev–Trinajstić information content (AvgIpc) is 2.19. The lowest BCUT2D eigenvalue weighted by Gasteiger charge is -2.26. The van der Waals surface area contributed by atoms with Gasteiger partial charge in [0.15, 0.2) is 0 Å². The second-order valence-electron chi connectivity index (χ2n) is 5.21. The van der Waals surface area contributed by atoms with E-state index < -0.39 is 17.4 Å². The van der Waals surface area contributed by atoms with E-state index in [0.717, 1.165) is 0 Å². The van der Waals surface area contributed by atoms with Gasteiger partial charge in [0, 0.05) is 23.3 Å². The monoisotopic (exact) mass is 265 g/mol. The highest BCUT2D eigenvalue weighted by Gasteiger charge is 2.21. The van der Waals surface area contributed by atoms with Gasteiger partial charge in [-0.2, -0.15) is 0 Å². The number of rotatable bonds is 5. The van der Waals surface area contributed by atoms with Crippen LogP contribution in [0.25, 0.3) is 0 Å². The predicted molar refractivity (Wildman–Crippen MR) is 74.1 cm³/mol. The quantitative estimate of drug-likeness (QED) is 0.599. The highest BCUT2D eigenvalue weighted by molar-refractivity contribution is 5.95. The van der Waals surface area contributed by atoms with Gasteiger partial charge in [-0.1, -0.05) is 0 Å². The smallest absolute Gasteiger partial charge is 0.337 e. The number of carbonyl (C=O) groups excluding carboxylic acids is 1. The summed E-state index contributed by atoms with van der Waals surface area (Å²) in [5.74, 6) is -1.51. The standard InChI is InChI=1S/C13H19N3O3/c1-7-4-8(5-9(11(7)15)12(18)19)16-13(2,3)6-10(14)17/h4-5,16H,6,15H2,1-3H3,(H2,14,17)(H,18,19). The van der Waals surface area contributed by atoms with Gasteiger partial charge in [0.05, 0.1) is 5.56 Å². The normalized spacial score (nSPS) is 11.1. The van der Waals surface area contributed by atoms with Crippen molar-refractivity contribution in [3.05, 3.63) is 23.3 Å². The first-order valence-electron chi connectivity index (χ1n) is 5.82. The molecular weight excluding hydrogens is 246 g/mol. The Balaban J connectivity index is 3.09. The molecule has 0 aliphatic heterocycles. The van der Waals surface area contributed by atoms with E-state index in [9.17, 15) is 9.59 Å². The molecular formula is C13H19N3O3. The molecule has 6 heteroatoms. The number of aryl methyl sites for hydroxylation is 1. The minimum absolute atomic E-state index is 0.0392. The maximum Gasteiger partial charge on any atom is 0.337 e. The van der Waals surface area contributed by atoms with E-state index in [1.165, 1.54) is 6.07 Å². The molecule has 1 aromatic carbocycles. The van der Waals surface area contributed by atoms with Crippen LogP contribution in [0.2, 0.25) is 0 Å². The third-order valence-corrected chi connectivity index (χ3v) is 2.72. The number of carboxylic acid groups (broad SMARTS) is 1. The van der Waals surface area contributed by atoms with Gasteiger partial charge in [0.1, 0.15) is 0 Å². The molecule has 6 nitrogen and oxygen atoms in total. The number of hydrogen-bond donors (Lipinski definition) is 4. The molecule has 1 aromatic rings. The van der Waals surface area contributed by atoms with Gasteiger partial charge in [0.25, 0.3) is 0 Å². The maximum atomic E-state index is 11.1. The summed E-state index contributed by atoms with van der Waals surface area (Å²) in [6, 6.07) is 3.19. The van der Waals surface area contributed by atoms with Crippen molar-refractivity contribution in [3.8, 4) is 0 Å². The topological polar surface area (TPSA) is 118 Å². The fraction of sp³-hybridized carbons (Fsp3) is 0.385. The van der Waals surface area contributed by atoms with Gasteiger partial charge in [-0.25, -0.2) is 4.79 Å². The molecule has 0 fully saturated rings. The summed E-state index contributed by atoms with van der Waals surface area (Å²) in [7, 11) is 0. The molecule has 104 valence electrons. The van der Waals surface area contributed by atoms with Crippen molar-refractivity contribution in [1.29, 1.82) is 0 Å². The van der Waals surface area contributed by atoms with Gasteiger partial charge in [-0.05, 0) is 38.5 Å². The molecule has 0 saturated heterocycles. The molecule has 0 aliphatic rings. The summed E-state index contributed by atoms with van der Waals surface area (Å²) in [5, 5.41) is 12.2. The summed E-state index contributed by atoms with van der Waals surface area (Å²) in [6.45, 7) is 5.35. The lowest BCUT2D eigenvalue weighted by atomic mass is 9.98. The summed E-state index contributed by atoms with van der Waals surface area (Å²) in [4.78, 5) is 22.1. The van der Waals surface area contributed by atoms with Crippen LogP contribution in [-0.4, -0.2) is 22.5 Å². The first kappa shape index (κ1) is 14.8. The fourth-order valence-electron chi connectivity index (χ4n) is 1.92. The third kappa shape index (κ3) is 3.87. The number of carboxylic acids is 1. The van der Waals surface area contributed by atoms with Crippen LogP contribution in [0.3, 0.4) is 0 Å². The minimum atomic E-state index is -1.09.